The highest BCUT2D eigenvalue weighted by molar-refractivity contribution is 5.97. The van der Waals surface area contributed by atoms with Crippen molar-refractivity contribution in [3.8, 4) is 0 Å². The van der Waals surface area contributed by atoms with Gasteiger partial charge in [-0.1, -0.05) is 73.4 Å². The van der Waals surface area contributed by atoms with Gasteiger partial charge in [0.2, 0.25) is 0 Å². The SMILES string of the molecule is C=Cc1c(/C=C\C)c2ccccc2n1/C(C)=C/C(=C\C)n1c(/C=C(C)\C=C/C)cc2ccccc21. The van der Waals surface area contributed by atoms with Gasteiger partial charge in [-0.3, -0.25) is 0 Å². The van der Waals surface area contributed by atoms with E-state index in [-0.39, 0.29) is 0 Å². The Balaban J connectivity index is 1.96. The Morgan fingerprint density at radius 1 is 0.857 bits per heavy atom. The van der Waals surface area contributed by atoms with Gasteiger partial charge in [0.1, 0.15) is 0 Å². The Labute approximate surface area is 209 Å². The fourth-order valence-corrected chi connectivity index (χ4v) is 4.88. The van der Waals surface area contributed by atoms with Crippen molar-refractivity contribution in [3.05, 3.63) is 114 Å². The molecule has 0 radical (unpaired) electrons. The van der Waals surface area contributed by atoms with Crippen molar-refractivity contribution in [2.24, 2.45) is 0 Å². The van der Waals surface area contributed by atoms with Crippen molar-refractivity contribution in [2.45, 2.75) is 34.6 Å². The summed E-state index contributed by atoms with van der Waals surface area (Å²) in [7, 11) is 0. The summed E-state index contributed by atoms with van der Waals surface area (Å²) < 4.78 is 4.66. The molecule has 0 unspecified atom stereocenters. The predicted octanol–water partition coefficient (Wildman–Crippen LogP) is 9.67. The molecule has 0 aliphatic carbocycles. The zero-order chi connectivity index (χ0) is 24.9. The van der Waals surface area contributed by atoms with E-state index in [1.165, 1.54) is 32.9 Å². The number of hydrogen-bond acceptors (Lipinski definition) is 0. The van der Waals surface area contributed by atoms with E-state index in [2.05, 4.69) is 147 Å². The van der Waals surface area contributed by atoms with Crippen molar-refractivity contribution >= 4 is 51.4 Å². The third-order valence-corrected chi connectivity index (χ3v) is 6.29. The van der Waals surface area contributed by atoms with Crippen LogP contribution in [0.1, 0.15) is 51.6 Å². The molecule has 0 saturated carbocycles. The van der Waals surface area contributed by atoms with Gasteiger partial charge in [-0.15, -0.1) is 0 Å². The number of fused-ring (bicyclic) bond motifs is 2. The second-order valence-electron chi connectivity index (χ2n) is 8.71. The fraction of sp³-hybridized carbons (Fsp3) is 0.152. The maximum absolute atomic E-state index is 4.15. The molecule has 0 aliphatic heterocycles. The number of benzene rings is 2. The Morgan fingerprint density at radius 3 is 2.26 bits per heavy atom. The Kier molecular flexibility index (Phi) is 7.22. The summed E-state index contributed by atoms with van der Waals surface area (Å²) in [6.45, 7) is 14.7. The molecule has 2 aromatic carbocycles. The largest absolute Gasteiger partial charge is 0.313 e. The molecular formula is C33H34N2. The third kappa shape index (κ3) is 4.52. The minimum atomic E-state index is 1.11. The average molecular weight is 459 g/mol. The Morgan fingerprint density at radius 2 is 1.57 bits per heavy atom. The zero-order valence-electron chi connectivity index (χ0n) is 21.4. The van der Waals surface area contributed by atoms with Crippen LogP contribution in [0, 0.1) is 0 Å². The van der Waals surface area contributed by atoms with Crippen LogP contribution in [0.2, 0.25) is 0 Å². The molecule has 0 spiro atoms. The normalized spacial score (nSPS) is 13.7. The van der Waals surface area contributed by atoms with E-state index in [4.69, 9.17) is 0 Å². The lowest BCUT2D eigenvalue weighted by Crippen LogP contribution is -2.01. The van der Waals surface area contributed by atoms with E-state index in [0.29, 0.717) is 0 Å². The molecule has 4 rings (SSSR count). The van der Waals surface area contributed by atoms with E-state index in [1.807, 2.05) is 6.08 Å². The van der Waals surface area contributed by atoms with Crippen LogP contribution in [0.25, 0.3) is 51.4 Å². The van der Waals surface area contributed by atoms with Crippen LogP contribution in [0.5, 0.6) is 0 Å². The minimum Gasteiger partial charge on any atom is -0.313 e. The van der Waals surface area contributed by atoms with Gasteiger partial charge < -0.3 is 9.13 Å². The predicted molar refractivity (Wildman–Crippen MR) is 157 cm³/mol. The van der Waals surface area contributed by atoms with Gasteiger partial charge in [0.05, 0.1) is 16.7 Å². The smallest absolute Gasteiger partial charge is 0.0537 e. The molecule has 0 atom stereocenters. The van der Waals surface area contributed by atoms with Crippen LogP contribution in [0.3, 0.4) is 0 Å². The number of hydrogen-bond donors (Lipinski definition) is 0. The van der Waals surface area contributed by atoms with E-state index in [0.717, 1.165) is 22.8 Å². The molecule has 2 heteroatoms. The van der Waals surface area contributed by atoms with Crippen molar-refractivity contribution in [3.63, 3.8) is 0 Å². The monoisotopic (exact) mass is 458 g/mol. The van der Waals surface area contributed by atoms with Crippen molar-refractivity contribution in [2.75, 3.05) is 0 Å². The van der Waals surface area contributed by atoms with Gasteiger partial charge in [0, 0.05) is 33.4 Å². The molecule has 0 aliphatic rings. The molecule has 0 saturated heterocycles. The van der Waals surface area contributed by atoms with Gasteiger partial charge in [0.15, 0.2) is 0 Å². The summed E-state index contributed by atoms with van der Waals surface area (Å²) in [4.78, 5) is 0. The first-order valence-corrected chi connectivity index (χ1v) is 12.2. The number of allylic oxidation sites excluding steroid dienone is 8. The second-order valence-corrected chi connectivity index (χ2v) is 8.71. The molecule has 2 nitrogen and oxygen atoms in total. The minimum absolute atomic E-state index is 1.11. The molecule has 2 heterocycles. The molecule has 35 heavy (non-hydrogen) atoms. The molecular weight excluding hydrogens is 424 g/mol. The molecule has 0 fully saturated rings. The van der Waals surface area contributed by atoms with E-state index < -0.39 is 0 Å². The van der Waals surface area contributed by atoms with Crippen LogP contribution in [0.15, 0.2) is 97.1 Å². The second kappa shape index (κ2) is 10.5. The summed E-state index contributed by atoms with van der Waals surface area (Å²) in [5, 5.41) is 2.46. The van der Waals surface area contributed by atoms with Gasteiger partial charge in [-0.25, -0.2) is 0 Å². The fourth-order valence-electron chi connectivity index (χ4n) is 4.88. The van der Waals surface area contributed by atoms with Crippen molar-refractivity contribution in [1.82, 2.24) is 9.13 Å². The Bertz CT molecular complexity index is 1540. The zero-order valence-corrected chi connectivity index (χ0v) is 21.4. The standard InChI is InChI=1S/C33H34N2/c1-7-15-24(5)21-28-23-26-17-11-13-19-32(26)35(28)27(9-3)22-25(6)34-31(10-4)29(16-8-2)30-18-12-14-20-33(30)34/h7-23H,4H2,1-3,5-6H3/b15-7-,16-8-,24-21-,25-22+,27-9+. The summed E-state index contributed by atoms with van der Waals surface area (Å²) >= 11 is 0. The topological polar surface area (TPSA) is 9.86 Å². The molecule has 176 valence electrons. The molecule has 0 bridgehead atoms. The summed E-state index contributed by atoms with van der Waals surface area (Å²) in [5.74, 6) is 0. The summed E-state index contributed by atoms with van der Waals surface area (Å²) in [5.41, 5.74) is 9.33. The number of rotatable bonds is 7. The summed E-state index contributed by atoms with van der Waals surface area (Å²) in [6.07, 6.45) is 17.1. The lowest BCUT2D eigenvalue weighted by atomic mass is 10.1. The first kappa shape index (κ1) is 24.1. The van der Waals surface area contributed by atoms with Gasteiger partial charge in [-0.05, 0) is 76.6 Å². The highest BCUT2D eigenvalue weighted by Gasteiger charge is 2.15. The van der Waals surface area contributed by atoms with Crippen molar-refractivity contribution in [1.29, 1.82) is 0 Å². The number of nitrogens with zero attached hydrogens (tertiary/aromatic N) is 2. The summed E-state index contributed by atoms with van der Waals surface area (Å²) in [6, 6.07) is 19.4. The van der Waals surface area contributed by atoms with Crippen molar-refractivity contribution < 1.29 is 0 Å². The van der Waals surface area contributed by atoms with E-state index >= 15 is 0 Å². The molecule has 0 amide bonds. The average Bonchev–Trinajstić information content (AvgIpc) is 3.38. The highest BCUT2D eigenvalue weighted by Crippen LogP contribution is 2.33. The van der Waals surface area contributed by atoms with Gasteiger partial charge in [-0.2, -0.15) is 0 Å². The molecule has 4 aromatic rings. The third-order valence-electron chi connectivity index (χ3n) is 6.29. The maximum Gasteiger partial charge on any atom is 0.0537 e. The van der Waals surface area contributed by atoms with Gasteiger partial charge in [0.25, 0.3) is 0 Å². The molecule has 2 aromatic heterocycles. The van der Waals surface area contributed by atoms with Crippen LogP contribution in [0.4, 0.5) is 0 Å². The molecule has 0 N–H and O–H groups in total. The van der Waals surface area contributed by atoms with E-state index in [1.54, 1.807) is 0 Å². The van der Waals surface area contributed by atoms with Crippen LogP contribution < -0.4 is 0 Å². The lowest BCUT2D eigenvalue weighted by Gasteiger charge is -2.14. The first-order chi connectivity index (χ1) is 17.0. The van der Waals surface area contributed by atoms with Gasteiger partial charge >= 0.3 is 0 Å². The lowest BCUT2D eigenvalue weighted by molar-refractivity contribution is 1.11. The first-order valence-electron chi connectivity index (χ1n) is 12.2. The number of para-hydroxylation sites is 2. The van der Waals surface area contributed by atoms with Crippen LogP contribution in [-0.4, -0.2) is 9.13 Å². The highest BCUT2D eigenvalue weighted by atomic mass is 15.0. The van der Waals surface area contributed by atoms with Crippen LogP contribution in [-0.2, 0) is 0 Å². The number of aromatic nitrogens is 2. The maximum atomic E-state index is 4.15. The van der Waals surface area contributed by atoms with Crippen LogP contribution >= 0.6 is 0 Å². The van der Waals surface area contributed by atoms with E-state index in [9.17, 15) is 0 Å². The Hall–Kier alpha value is -4.04. The quantitative estimate of drug-likeness (QED) is 0.244.